The van der Waals surface area contributed by atoms with Gasteiger partial charge in [0.05, 0.1) is 12.1 Å². The molecule has 2 aromatic rings. The number of nitriles is 1. The third-order valence-corrected chi connectivity index (χ3v) is 3.60. The number of nitrogens with two attached hydrogens (primary N) is 1. The molecule has 5 nitrogen and oxygen atoms in total. The fraction of sp³-hybridized carbons (Fsp3) is 0.273. The summed E-state index contributed by atoms with van der Waals surface area (Å²) in [5.41, 5.74) is 9.08. The molecular formula is C11H12N4OS. The van der Waals surface area contributed by atoms with Gasteiger partial charge in [0.2, 0.25) is 0 Å². The van der Waals surface area contributed by atoms with E-state index in [1.54, 1.807) is 5.38 Å². The molecule has 2 heterocycles. The Morgan fingerprint density at radius 3 is 2.76 bits per heavy atom. The third kappa shape index (κ3) is 1.85. The molecule has 0 amide bonds. The molecule has 0 atom stereocenters. The summed E-state index contributed by atoms with van der Waals surface area (Å²) in [6.07, 6.45) is 0. The molecular weight excluding hydrogens is 236 g/mol. The smallest absolute Gasteiger partial charge is 0.304 e. The standard InChI is InChI=1S/C11H12N4OS/c1-6-7(2)15(10(13)9(6)3-12)4-8-5-17-11(16)14-8/h5H,4,13H2,1-2H3,(H,14,16). The van der Waals surface area contributed by atoms with Crippen LogP contribution >= 0.6 is 11.3 Å². The Morgan fingerprint density at radius 1 is 1.59 bits per heavy atom. The molecule has 0 unspecified atom stereocenters. The van der Waals surface area contributed by atoms with Crippen LogP contribution in [0.3, 0.4) is 0 Å². The van der Waals surface area contributed by atoms with Crippen molar-refractivity contribution in [1.29, 1.82) is 5.26 Å². The molecule has 0 spiro atoms. The van der Waals surface area contributed by atoms with Crippen molar-refractivity contribution in [3.05, 3.63) is 37.6 Å². The van der Waals surface area contributed by atoms with Crippen LogP contribution in [0.15, 0.2) is 10.2 Å². The first-order valence-electron chi connectivity index (χ1n) is 5.06. The highest BCUT2D eigenvalue weighted by molar-refractivity contribution is 7.07. The van der Waals surface area contributed by atoms with Crippen molar-refractivity contribution in [1.82, 2.24) is 9.55 Å². The summed E-state index contributed by atoms with van der Waals surface area (Å²) >= 11 is 1.12. The number of anilines is 1. The summed E-state index contributed by atoms with van der Waals surface area (Å²) in [4.78, 5) is 13.7. The minimum atomic E-state index is -0.0828. The number of aromatic amines is 1. The van der Waals surface area contributed by atoms with Crippen LogP contribution in [0.4, 0.5) is 5.82 Å². The monoisotopic (exact) mass is 248 g/mol. The summed E-state index contributed by atoms with van der Waals surface area (Å²) in [5, 5.41) is 10.8. The molecule has 0 bridgehead atoms. The van der Waals surface area contributed by atoms with Gasteiger partial charge in [0.1, 0.15) is 11.9 Å². The summed E-state index contributed by atoms with van der Waals surface area (Å²) < 4.78 is 1.84. The van der Waals surface area contributed by atoms with Gasteiger partial charge in [-0.25, -0.2) is 0 Å². The number of rotatable bonds is 2. The average Bonchev–Trinajstić information content (AvgIpc) is 2.78. The van der Waals surface area contributed by atoms with Gasteiger partial charge < -0.3 is 15.3 Å². The van der Waals surface area contributed by atoms with Crippen molar-refractivity contribution < 1.29 is 0 Å². The number of nitrogens with zero attached hydrogens (tertiary/aromatic N) is 2. The maximum atomic E-state index is 11.0. The zero-order valence-corrected chi connectivity index (χ0v) is 10.4. The molecule has 0 radical (unpaired) electrons. The van der Waals surface area contributed by atoms with Crippen molar-refractivity contribution in [2.45, 2.75) is 20.4 Å². The predicted octanol–water partition coefficient (Wildman–Crippen LogP) is 1.36. The third-order valence-electron chi connectivity index (χ3n) is 2.88. The molecule has 88 valence electrons. The first-order chi connectivity index (χ1) is 8.04. The molecule has 0 aliphatic carbocycles. The zero-order valence-electron chi connectivity index (χ0n) is 9.57. The lowest BCUT2D eigenvalue weighted by Crippen LogP contribution is -2.08. The summed E-state index contributed by atoms with van der Waals surface area (Å²) in [6.45, 7) is 4.27. The van der Waals surface area contributed by atoms with Gasteiger partial charge in [-0.3, -0.25) is 4.79 Å². The van der Waals surface area contributed by atoms with E-state index in [-0.39, 0.29) is 4.87 Å². The first-order valence-corrected chi connectivity index (χ1v) is 5.94. The molecule has 0 saturated heterocycles. The molecule has 2 rings (SSSR count). The minimum absolute atomic E-state index is 0.0828. The molecule has 17 heavy (non-hydrogen) atoms. The number of H-pyrrole nitrogens is 1. The van der Waals surface area contributed by atoms with Crippen molar-refractivity contribution >= 4 is 17.2 Å². The van der Waals surface area contributed by atoms with Gasteiger partial charge in [-0.1, -0.05) is 11.3 Å². The Bertz CT molecular complexity index is 656. The highest BCUT2D eigenvalue weighted by atomic mass is 32.1. The number of hydrogen-bond donors (Lipinski definition) is 2. The summed E-state index contributed by atoms with van der Waals surface area (Å²) in [7, 11) is 0. The first kappa shape index (κ1) is 11.5. The van der Waals surface area contributed by atoms with Gasteiger partial charge in [0, 0.05) is 16.8 Å². The zero-order chi connectivity index (χ0) is 12.6. The highest BCUT2D eigenvalue weighted by Crippen LogP contribution is 2.24. The Morgan fingerprint density at radius 2 is 2.29 bits per heavy atom. The Balaban J connectivity index is 2.47. The van der Waals surface area contributed by atoms with E-state index in [0.717, 1.165) is 28.3 Å². The van der Waals surface area contributed by atoms with Gasteiger partial charge in [-0.05, 0) is 19.4 Å². The lowest BCUT2D eigenvalue weighted by atomic mass is 10.2. The Labute approximate surface area is 102 Å². The van der Waals surface area contributed by atoms with Crippen molar-refractivity contribution in [3.63, 3.8) is 0 Å². The second-order valence-corrected chi connectivity index (χ2v) is 4.68. The summed E-state index contributed by atoms with van der Waals surface area (Å²) in [6, 6.07) is 2.10. The van der Waals surface area contributed by atoms with E-state index in [0.29, 0.717) is 17.9 Å². The van der Waals surface area contributed by atoms with Gasteiger partial charge in [-0.15, -0.1) is 0 Å². The molecule has 0 aliphatic heterocycles. The molecule has 0 aliphatic rings. The fourth-order valence-corrected chi connectivity index (χ4v) is 2.37. The van der Waals surface area contributed by atoms with Crippen LogP contribution in [0.5, 0.6) is 0 Å². The second kappa shape index (κ2) is 4.11. The van der Waals surface area contributed by atoms with Gasteiger partial charge in [-0.2, -0.15) is 5.26 Å². The Hall–Kier alpha value is -2.00. The van der Waals surface area contributed by atoms with Gasteiger partial charge in [0.25, 0.3) is 0 Å². The molecule has 0 fully saturated rings. The van der Waals surface area contributed by atoms with Crippen LogP contribution in [0.25, 0.3) is 0 Å². The van der Waals surface area contributed by atoms with E-state index < -0.39 is 0 Å². The van der Waals surface area contributed by atoms with Crippen LogP contribution in [-0.4, -0.2) is 9.55 Å². The number of aromatic nitrogens is 2. The second-order valence-electron chi connectivity index (χ2n) is 3.84. The Kier molecular flexibility index (Phi) is 2.77. The number of thiazole rings is 1. The van der Waals surface area contributed by atoms with Crippen LogP contribution in [0, 0.1) is 25.2 Å². The largest absolute Gasteiger partial charge is 0.384 e. The lowest BCUT2D eigenvalue weighted by molar-refractivity contribution is 0.765. The highest BCUT2D eigenvalue weighted by Gasteiger charge is 2.15. The van der Waals surface area contributed by atoms with Crippen LogP contribution in [-0.2, 0) is 6.54 Å². The topological polar surface area (TPSA) is 87.6 Å². The van der Waals surface area contributed by atoms with Crippen molar-refractivity contribution in [2.75, 3.05) is 5.73 Å². The number of nitrogens with one attached hydrogen (secondary N) is 1. The van der Waals surface area contributed by atoms with Crippen LogP contribution < -0.4 is 10.6 Å². The van der Waals surface area contributed by atoms with Crippen LogP contribution in [0.2, 0.25) is 0 Å². The average molecular weight is 248 g/mol. The summed E-state index contributed by atoms with van der Waals surface area (Å²) in [5.74, 6) is 0.453. The van der Waals surface area contributed by atoms with E-state index in [2.05, 4.69) is 11.1 Å². The molecule has 0 saturated carbocycles. The lowest BCUT2D eigenvalue weighted by Gasteiger charge is -2.06. The van der Waals surface area contributed by atoms with E-state index in [1.807, 2.05) is 18.4 Å². The van der Waals surface area contributed by atoms with Crippen molar-refractivity contribution in [2.24, 2.45) is 0 Å². The van der Waals surface area contributed by atoms with Crippen LogP contribution in [0.1, 0.15) is 22.5 Å². The molecule has 2 aromatic heterocycles. The van der Waals surface area contributed by atoms with E-state index >= 15 is 0 Å². The molecule has 0 aromatic carbocycles. The molecule has 3 N–H and O–H groups in total. The van der Waals surface area contributed by atoms with E-state index in [4.69, 9.17) is 11.0 Å². The van der Waals surface area contributed by atoms with Gasteiger partial charge in [0.15, 0.2) is 0 Å². The number of nitrogen functional groups attached to an aromatic ring is 1. The number of hydrogen-bond acceptors (Lipinski definition) is 4. The quantitative estimate of drug-likeness (QED) is 0.841. The van der Waals surface area contributed by atoms with Gasteiger partial charge >= 0.3 is 4.87 Å². The minimum Gasteiger partial charge on any atom is -0.384 e. The predicted molar refractivity (Wildman–Crippen MR) is 67.1 cm³/mol. The van der Waals surface area contributed by atoms with E-state index in [1.165, 1.54) is 0 Å². The van der Waals surface area contributed by atoms with E-state index in [9.17, 15) is 4.79 Å². The molecule has 6 heteroatoms. The van der Waals surface area contributed by atoms with Crippen molar-refractivity contribution in [3.8, 4) is 6.07 Å². The normalized spacial score (nSPS) is 10.4. The maximum absolute atomic E-state index is 11.0. The fourth-order valence-electron chi connectivity index (χ4n) is 1.80. The SMILES string of the molecule is Cc1c(C#N)c(N)n(Cc2csc(=O)[nH]2)c1C. The maximum Gasteiger partial charge on any atom is 0.304 e.